The Hall–Kier alpha value is -0.520. The molecule has 0 aliphatic carbocycles. The van der Waals surface area contributed by atoms with Gasteiger partial charge in [0.1, 0.15) is 0 Å². The van der Waals surface area contributed by atoms with Gasteiger partial charge in [-0.15, -0.1) is 0 Å². The molecular formula is C13H17BrN2OS. The van der Waals surface area contributed by atoms with Crippen molar-refractivity contribution in [1.82, 2.24) is 10.6 Å². The summed E-state index contributed by atoms with van der Waals surface area (Å²) in [5.74, 6) is 2.04. The second-order valence-electron chi connectivity index (χ2n) is 4.37. The van der Waals surface area contributed by atoms with Gasteiger partial charge in [0.25, 0.3) is 0 Å². The van der Waals surface area contributed by atoms with Crippen molar-refractivity contribution >= 4 is 33.6 Å². The fraction of sp³-hybridized carbons (Fsp3) is 0.462. The molecule has 1 aromatic rings. The number of thioether (sulfide) groups is 1. The molecule has 5 heteroatoms. The number of nitrogens with one attached hydrogen (secondary N) is 2. The molecule has 0 radical (unpaired) electrons. The number of benzene rings is 1. The van der Waals surface area contributed by atoms with Gasteiger partial charge in [0.05, 0.1) is 12.1 Å². The Morgan fingerprint density at radius 2 is 2.44 bits per heavy atom. The van der Waals surface area contributed by atoms with E-state index in [1.54, 1.807) is 0 Å². The first kappa shape index (κ1) is 13.9. The zero-order chi connectivity index (χ0) is 13.0. The van der Waals surface area contributed by atoms with E-state index in [9.17, 15) is 4.79 Å². The highest BCUT2D eigenvalue weighted by atomic mass is 79.9. The van der Waals surface area contributed by atoms with Gasteiger partial charge in [-0.3, -0.25) is 4.79 Å². The van der Waals surface area contributed by atoms with Crippen LogP contribution in [0.2, 0.25) is 0 Å². The molecule has 1 saturated heterocycles. The summed E-state index contributed by atoms with van der Waals surface area (Å²) in [6.07, 6.45) is 0. The first-order valence-electron chi connectivity index (χ1n) is 6.04. The lowest BCUT2D eigenvalue weighted by Gasteiger charge is -2.24. The molecule has 0 aromatic heterocycles. The quantitative estimate of drug-likeness (QED) is 0.894. The van der Waals surface area contributed by atoms with Crippen LogP contribution in [0, 0.1) is 0 Å². The lowest BCUT2D eigenvalue weighted by atomic mass is 10.1. The van der Waals surface area contributed by atoms with Crippen molar-refractivity contribution in [2.45, 2.75) is 19.0 Å². The van der Waals surface area contributed by atoms with Gasteiger partial charge in [-0.1, -0.05) is 28.1 Å². The summed E-state index contributed by atoms with van der Waals surface area (Å²) in [5, 5.41) is 6.30. The van der Waals surface area contributed by atoms with Gasteiger partial charge < -0.3 is 10.6 Å². The summed E-state index contributed by atoms with van der Waals surface area (Å²) in [5.41, 5.74) is 1.11. The minimum atomic E-state index is -0.0571. The molecule has 0 saturated carbocycles. The molecule has 1 aliphatic heterocycles. The van der Waals surface area contributed by atoms with E-state index in [4.69, 9.17) is 0 Å². The maximum Gasteiger partial charge on any atom is 0.238 e. The van der Waals surface area contributed by atoms with E-state index in [2.05, 4.69) is 26.6 Å². The predicted octanol–water partition coefficient (Wildman–Crippen LogP) is 2.33. The van der Waals surface area contributed by atoms with E-state index in [-0.39, 0.29) is 18.0 Å². The molecule has 18 heavy (non-hydrogen) atoms. The Kier molecular flexibility index (Phi) is 5.09. The van der Waals surface area contributed by atoms with Crippen LogP contribution in [0.5, 0.6) is 0 Å². The van der Waals surface area contributed by atoms with Gasteiger partial charge in [-0.25, -0.2) is 0 Å². The van der Waals surface area contributed by atoms with Crippen LogP contribution in [0.4, 0.5) is 0 Å². The Morgan fingerprint density at radius 3 is 3.11 bits per heavy atom. The second kappa shape index (κ2) is 6.59. The van der Waals surface area contributed by atoms with Crippen molar-refractivity contribution in [2.24, 2.45) is 0 Å². The molecule has 2 rings (SSSR count). The highest BCUT2D eigenvalue weighted by Crippen LogP contribution is 2.18. The van der Waals surface area contributed by atoms with E-state index in [0.29, 0.717) is 0 Å². The van der Waals surface area contributed by atoms with Crippen molar-refractivity contribution in [3.63, 3.8) is 0 Å². The first-order chi connectivity index (χ1) is 8.66. The second-order valence-corrected chi connectivity index (χ2v) is 6.43. The maximum absolute atomic E-state index is 12.1. The Labute approximate surface area is 120 Å². The van der Waals surface area contributed by atoms with Gasteiger partial charge >= 0.3 is 0 Å². The summed E-state index contributed by atoms with van der Waals surface area (Å²) < 4.78 is 1.03. The molecule has 0 spiro atoms. The van der Waals surface area contributed by atoms with E-state index in [1.807, 2.05) is 43.0 Å². The largest absolute Gasteiger partial charge is 0.348 e. The van der Waals surface area contributed by atoms with Crippen LogP contribution in [0.1, 0.15) is 18.5 Å². The fourth-order valence-electron chi connectivity index (χ4n) is 1.91. The Balaban J connectivity index is 1.94. The molecule has 98 valence electrons. The van der Waals surface area contributed by atoms with Gasteiger partial charge in [0, 0.05) is 22.5 Å². The smallest absolute Gasteiger partial charge is 0.238 e. The van der Waals surface area contributed by atoms with Crippen molar-refractivity contribution in [1.29, 1.82) is 0 Å². The minimum absolute atomic E-state index is 0.0312. The first-order valence-corrected chi connectivity index (χ1v) is 7.98. The summed E-state index contributed by atoms with van der Waals surface area (Å²) >= 11 is 5.27. The molecule has 1 amide bonds. The SMILES string of the molecule is C[C@@H](NC(=O)C1CSCCN1)c1cccc(Br)c1. The van der Waals surface area contributed by atoms with Crippen molar-refractivity contribution in [2.75, 3.05) is 18.1 Å². The monoisotopic (exact) mass is 328 g/mol. The maximum atomic E-state index is 12.1. The average molecular weight is 329 g/mol. The number of hydrogen-bond donors (Lipinski definition) is 2. The number of carbonyl (C=O) groups excluding carboxylic acids is 1. The predicted molar refractivity (Wildman–Crippen MR) is 79.8 cm³/mol. The number of halogens is 1. The molecule has 1 heterocycles. The van der Waals surface area contributed by atoms with E-state index >= 15 is 0 Å². The van der Waals surface area contributed by atoms with Gasteiger partial charge in [0.15, 0.2) is 0 Å². The van der Waals surface area contributed by atoms with Crippen LogP contribution in [0.25, 0.3) is 0 Å². The highest BCUT2D eigenvalue weighted by Gasteiger charge is 2.22. The third-order valence-electron chi connectivity index (χ3n) is 2.95. The summed E-state index contributed by atoms with van der Waals surface area (Å²) in [6, 6.07) is 8.00. The Morgan fingerprint density at radius 1 is 1.61 bits per heavy atom. The molecule has 2 atom stereocenters. The average Bonchev–Trinajstić information content (AvgIpc) is 2.39. The molecule has 3 nitrogen and oxygen atoms in total. The molecule has 0 bridgehead atoms. The van der Waals surface area contributed by atoms with Crippen LogP contribution in [0.3, 0.4) is 0 Å². The van der Waals surface area contributed by atoms with Gasteiger partial charge in [0.2, 0.25) is 5.91 Å². The number of rotatable bonds is 3. The third-order valence-corrected chi connectivity index (χ3v) is 4.50. The van der Waals surface area contributed by atoms with Crippen LogP contribution in [-0.4, -0.2) is 30.0 Å². The Bertz CT molecular complexity index is 421. The number of carbonyl (C=O) groups is 1. The molecular weight excluding hydrogens is 312 g/mol. The number of amides is 1. The van der Waals surface area contributed by atoms with Crippen LogP contribution in [0.15, 0.2) is 28.7 Å². The summed E-state index contributed by atoms with van der Waals surface area (Å²) in [7, 11) is 0. The standard InChI is InChI=1S/C13H17BrN2OS/c1-9(10-3-2-4-11(14)7-10)16-13(17)12-8-18-6-5-15-12/h2-4,7,9,12,15H,5-6,8H2,1H3,(H,16,17)/t9-,12?/m1/s1. The summed E-state index contributed by atoms with van der Waals surface area (Å²) in [4.78, 5) is 12.1. The van der Waals surface area contributed by atoms with E-state index in [0.717, 1.165) is 28.1 Å². The highest BCUT2D eigenvalue weighted by molar-refractivity contribution is 9.10. The zero-order valence-corrected chi connectivity index (χ0v) is 12.7. The van der Waals surface area contributed by atoms with Crippen LogP contribution < -0.4 is 10.6 Å². The van der Waals surface area contributed by atoms with E-state index < -0.39 is 0 Å². The molecule has 1 aliphatic rings. The zero-order valence-electron chi connectivity index (χ0n) is 10.3. The van der Waals surface area contributed by atoms with Gasteiger partial charge in [-0.05, 0) is 24.6 Å². The lowest BCUT2D eigenvalue weighted by molar-refractivity contribution is -0.123. The fourth-order valence-corrected chi connectivity index (χ4v) is 3.26. The third kappa shape index (κ3) is 3.73. The minimum Gasteiger partial charge on any atom is -0.348 e. The van der Waals surface area contributed by atoms with Gasteiger partial charge in [-0.2, -0.15) is 11.8 Å². The van der Waals surface area contributed by atoms with Crippen LogP contribution in [-0.2, 0) is 4.79 Å². The number of hydrogen-bond acceptors (Lipinski definition) is 3. The van der Waals surface area contributed by atoms with Crippen LogP contribution >= 0.6 is 27.7 Å². The van der Waals surface area contributed by atoms with Crippen molar-refractivity contribution in [3.8, 4) is 0 Å². The molecule has 2 N–H and O–H groups in total. The van der Waals surface area contributed by atoms with Crippen molar-refractivity contribution in [3.05, 3.63) is 34.3 Å². The summed E-state index contributed by atoms with van der Waals surface area (Å²) in [6.45, 7) is 2.92. The molecule has 1 fully saturated rings. The van der Waals surface area contributed by atoms with Crippen molar-refractivity contribution < 1.29 is 4.79 Å². The topological polar surface area (TPSA) is 41.1 Å². The molecule has 1 unspecified atom stereocenters. The van der Waals surface area contributed by atoms with E-state index in [1.165, 1.54) is 0 Å². The normalized spacial score (nSPS) is 21.3. The molecule has 1 aromatic carbocycles. The lowest BCUT2D eigenvalue weighted by Crippen LogP contribution is -2.49.